The van der Waals surface area contributed by atoms with E-state index in [4.69, 9.17) is 0 Å². The van der Waals surface area contributed by atoms with Crippen molar-refractivity contribution >= 4 is 38.0 Å². The molecule has 0 atom stereocenters. The number of carbonyl (C=O) groups excluding carboxylic acids is 1. The van der Waals surface area contributed by atoms with Crippen LogP contribution in [0, 0.1) is 6.92 Å². The Morgan fingerprint density at radius 3 is 2.31 bits per heavy atom. The highest BCUT2D eigenvalue weighted by Gasteiger charge is 2.29. The van der Waals surface area contributed by atoms with Gasteiger partial charge in [-0.15, -0.1) is 11.3 Å². The highest BCUT2D eigenvalue weighted by molar-refractivity contribution is 7.89. The van der Waals surface area contributed by atoms with Crippen LogP contribution in [0.15, 0.2) is 89.8 Å². The van der Waals surface area contributed by atoms with E-state index in [2.05, 4.69) is 0 Å². The number of sulfonamides is 1. The Kier molecular flexibility index (Phi) is 8.56. The molecule has 0 aliphatic carbocycles. The zero-order valence-electron chi connectivity index (χ0n) is 20.8. The number of fused-ring (bicyclic) bond motifs is 1. The van der Waals surface area contributed by atoms with Gasteiger partial charge in [-0.05, 0) is 42.5 Å². The summed E-state index contributed by atoms with van der Waals surface area (Å²) in [4.78, 5) is 18.0. The summed E-state index contributed by atoms with van der Waals surface area (Å²) in [6, 6.07) is 26.7. The van der Waals surface area contributed by atoms with Crippen LogP contribution in [0.25, 0.3) is 10.8 Å². The fraction of sp³-hybridized carbons (Fsp3) is 0.276. The fourth-order valence-electron chi connectivity index (χ4n) is 4.22. The average molecular weight is 521 g/mol. The quantitative estimate of drug-likeness (QED) is 0.236. The van der Waals surface area contributed by atoms with Crippen LogP contribution in [0.5, 0.6) is 0 Å². The first-order chi connectivity index (χ1) is 17.4. The van der Waals surface area contributed by atoms with Gasteiger partial charge in [0.25, 0.3) is 0 Å². The van der Waals surface area contributed by atoms with Crippen LogP contribution in [-0.4, -0.2) is 36.6 Å². The van der Waals surface area contributed by atoms with E-state index in [0.29, 0.717) is 31.4 Å². The number of carbonyl (C=O) groups is 1. The molecule has 0 spiro atoms. The summed E-state index contributed by atoms with van der Waals surface area (Å²) in [7, 11) is -3.88. The SMILES string of the molecule is CCCCN(CC(=O)N(Cc1ccccc1)Cc1ccc(C)s1)S(=O)(=O)c1cccc2ccccc12. The molecule has 1 aromatic heterocycles. The molecule has 0 unspecified atom stereocenters. The van der Waals surface area contributed by atoms with Crippen molar-refractivity contribution in [1.82, 2.24) is 9.21 Å². The van der Waals surface area contributed by atoms with Crippen molar-refractivity contribution in [3.8, 4) is 0 Å². The van der Waals surface area contributed by atoms with Gasteiger partial charge < -0.3 is 4.90 Å². The smallest absolute Gasteiger partial charge is 0.244 e. The number of aryl methyl sites for hydroxylation is 1. The van der Waals surface area contributed by atoms with Gasteiger partial charge in [-0.3, -0.25) is 4.79 Å². The Hall–Kier alpha value is -3.00. The number of thiophene rings is 1. The van der Waals surface area contributed by atoms with Crippen molar-refractivity contribution in [2.24, 2.45) is 0 Å². The molecule has 1 heterocycles. The highest BCUT2D eigenvalue weighted by atomic mass is 32.2. The predicted molar refractivity (Wildman–Crippen MR) is 147 cm³/mol. The molecule has 0 radical (unpaired) electrons. The summed E-state index contributed by atoms with van der Waals surface area (Å²) in [5.41, 5.74) is 1.01. The van der Waals surface area contributed by atoms with Crippen molar-refractivity contribution in [1.29, 1.82) is 0 Å². The van der Waals surface area contributed by atoms with Gasteiger partial charge in [-0.25, -0.2) is 8.42 Å². The molecule has 0 bridgehead atoms. The molecule has 4 aromatic rings. The molecule has 1 amide bonds. The molecular weight excluding hydrogens is 488 g/mol. The van der Waals surface area contributed by atoms with Crippen LogP contribution in [0.1, 0.15) is 35.1 Å². The van der Waals surface area contributed by atoms with Crippen LogP contribution >= 0.6 is 11.3 Å². The van der Waals surface area contributed by atoms with Crippen molar-refractivity contribution < 1.29 is 13.2 Å². The summed E-state index contributed by atoms with van der Waals surface area (Å²) in [5, 5.41) is 1.53. The third kappa shape index (κ3) is 6.22. The van der Waals surface area contributed by atoms with E-state index in [1.807, 2.05) is 86.6 Å². The number of benzene rings is 3. The summed E-state index contributed by atoms with van der Waals surface area (Å²) < 4.78 is 29.1. The minimum atomic E-state index is -3.88. The first-order valence-electron chi connectivity index (χ1n) is 12.2. The number of nitrogens with zero attached hydrogens (tertiary/aromatic N) is 2. The molecule has 188 valence electrons. The van der Waals surface area contributed by atoms with Gasteiger partial charge in [0.15, 0.2) is 0 Å². The normalized spacial score (nSPS) is 11.8. The molecule has 0 fully saturated rings. The molecule has 5 nitrogen and oxygen atoms in total. The van der Waals surface area contributed by atoms with E-state index in [0.717, 1.165) is 22.2 Å². The molecule has 7 heteroatoms. The number of amides is 1. The summed E-state index contributed by atoms with van der Waals surface area (Å²) >= 11 is 1.65. The maximum Gasteiger partial charge on any atom is 0.244 e. The van der Waals surface area contributed by atoms with Gasteiger partial charge in [0.2, 0.25) is 15.9 Å². The largest absolute Gasteiger partial charge is 0.332 e. The highest BCUT2D eigenvalue weighted by Crippen LogP contribution is 2.26. The molecule has 4 rings (SSSR count). The zero-order valence-corrected chi connectivity index (χ0v) is 22.4. The maximum atomic E-state index is 13.9. The topological polar surface area (TPSA) is 57.7 Å². The van der Waals surface area contributed by atoms with Gasteiger partial charge in [-0.1, -0.05) is 80.1 Å². The van der Waals surface area contributed by atoms with Crippen molar-refractivity contribution in [2.75, 3.05) is 13.1 Å². The number of hydrogen-bond acceptors (Lipinski definition) is 4. The van der Waals surface area contributed by atoms with E-state index in [1.54, 1.807) is 28.4 Å². The first kappa shape index (κ1) is 26.1. The van der Waals surface area contributed by atoms with Crippen LogP contribution in [0.2, 0.25) is 0 Å². The molecule has 0 aliphatic rings. The van der Waals surface area contributed by atoms with E-state index in [-0.39, 0.29) is 17.3 Å². The van der Waals surface area contributed by atoms with Crippen LogP contribution in [0.4, 0.5) is 0 Å². The van der Waals surface area contributed by atoms with Gasteiger partial charge in [-0.2, -0.15) is 4.31 Å². The molecule has 0 saturated heterocycles. The minimum absolute atomic E-state index is 0.192. The Morgan fingerprint density at radius 1 is 0.861 bits per heavy atom. The molecular formula is C29H32N2O3S2. The lowest BCUT2D eigenvalue weighted by Crippen LogP contribution is -2.42. The van der Waals surface area contributed by atoms with Crippen LogP contribution in [0.3, 0.4) is 0 Å². The standard InChI is InChI=1S/C29H32N2O3S2/c1-3-4-19-31(36(33,34)28-16-10-14-25-13-8-9-15-27(25)28)22-29(32)30(20-24-11-6-5-7-12-24)21-26-18-17-23(2)35-26/h5-18H,3-4,19-22H2,1-2H3. The van der Waals surface area contributed by atoms with Gasteiger partial charge in [0.05, 0.1) is 18.0 Å². The summed E-state index contributed by atoms with van der Waals surface area (Å²) in [6.07, 6.45) is 1.51. The lowest BCUT2D eigenvalue weighted by Gasteiger charge is -2.27. The van der Waals surface area contributed by atoms with Crippen molar-refractivity contribution in [3.05, 3.63) is 100 Å². The van der Waals surface area contributed by atoms with Crippen LogP contribution in [-0.2, 0) is 27.9 Å². The Balaban J connectivity index is 1.64. The second-order valence-corrected chi connectivity index (χ2v) is 12.2. The monoisotopic (exact) mass is 520 g/mol. The summed E-state index contributed by atoms with van der Waals surface area (Å²) in [5.74, 6) is -0.204. The predicted octanol–water partition coefficient (Wildman–Crippen LogP) is 6.23. The van der Waals surface area contributed by atoms with Crippen molar-refractivity contribution in [2.45, 2.75) is 44.7 Å². The van der Waals surface area contributed by atoms with Crippen molar-refractivity contribution in [3.63, 3.8) is 0 Å². The maximum absolute atomic E-state index is 13.9. The Labute approximate surface area is 218 Å². The van der Waals surface area contributed by atoms with E-state index in [1.165, 1.54) is 9.18 Å². The summed E-state index contributed by atoms with van der Waals surface area (Å²) in [6.45, 7) is 5.04. The van der Waals surface area contributed by atoms with E-state index >= 15 is 0 Å². The minimum Gasteiger partial charge on any atom is -0.332 e. The van der Waals surface area contributed by atoms with Gasteiger partial charge in [0.1, 0.15) is 0 Å². The lowest BCUT2D eigenvalue weighted by atomic mass is 10.1. The van der Waals surface area contributed by atoms with Crippen LogP contribution < -0.4 is 0 Å². The van der Waals surface area contributed by atoms with E-state index in [9.17, 15) is 13.2 Å². The number of hydrogen-bond donors (Lipinski definition) is 0. The molecule has 36 heavy (non-hydrogen) atoms. The van der Waals surface area contributed by atoms with E-state index < -0.39 is 10.0 Å². The first-order valence-corrected chi connectivity index (χ1v) is 14.5. The van der Waals surface area contributed by atoms with Gasteiger partial charge in [0, 0.05) is 28.2 Å². The molecule has 3 aromatic carbocycles. The number of rotatable bonds is 11. The number of unbranched alkanes of at least 4 members (excludes halogenated alkanes) is 1. The fourth-order valence-corrected chi connectivity index (χ4v) is 6.77. The average Bonchev–Trinajstić information content (AvgIpc) is 3.30. The zero-order chi connectivity index (χ0) is 25.5. The third-order valence-electron chi connectivity index (χ3n) is 6.15. The lowest BCUT2D eigenvalue weighted by molar-refractivity contribution is -0.132. The third-order valence-corrected chi connectivity index (χ3v) is 9.04. The Morgan fingerprint density at radius 2 is 1.58 bits per heavy atom. The molecule has 0 aliphatic heterocycles. The van der Waals surface area contributed by atoms with Gasteiger partial charge >= 0.3 is 0 Å². The second kappa shape index (κ2) is 11.8. The Bertz CT molecular complexity index is 1410. The molecule has 0 saturated carbocycles. The molecule has 0 N–H and O–H groups in total. The second-order valence-electron chi connectivity index (χ2n) is 8.92.